The van der Waals surface area contributed by atoms with Crippen molar-refractivity contribution >= 4 is 0 Å². The summed E-state index contributed by atoms with van der Waals surface area (Å²) in [5, 5.41) is 4.75. The molecule has 2 heterocycles. The summed E-state index contributed by atoms with van der Waals surface area (Å²) in [4.78, 5) is 2.65. The van der Waals surface area contributed by atoms with Gasteiger partial charge in [-0.15, -0.1) is 0 Å². The number of aryl methyl sites for hydroxylation is 1. The van der Waals surface area contributed by atoms with E-state index in [1.165, 1.54) is 31.4 Å². The number of hydrogen-bond acceptors (Lipinski definition) is 3. The highest BCUT2D eigenvalue weighted by molar-refractivity contribution is 5.63. The van der Waals surface area contributed by atoms with Crippen LogP contribution in [0.25, 0.3) is 11.3 Å². The van der Waals surface area contributed by atoms with Crippen LogP contribution in [0.4, 0.5) is 0 Å². The average molecular weight is 359 g/mol. The molecule has 2 aliphatic rings. The normalized spacial score (nSPS) is 21.7. The Kier molecular flexibility index (Phi) is 4.21. The van der Waals surface area contributed by atoms with Crippen LogP contribution < -0.4 is 4.74 Å². The van der Waals surface area contributed by atoms with Crippen LogP contribution in [-0.2, 0) is 13.6 Å². The van der Waals surface area contributed by atoms with Gasteiger partial charge >= 0.3 is 0 Å². The molecule has 1 aliphatic heterocycles. The Morgan fingerprint density at radius 3 is 2.48 bits per heavy atom. The number of piperidine rings is 1. The van der Waals surface area contributed by atoms with Crippen LogP contribution >= 0.6 is 0 Å². The summed E-state index contributed by atoms with van der Waals surface area (Å²) in [6.45, 7) is 2.26. The van der Waals surface area contributed by atoms with Crippen LogP contribution in [0.5, 0.6) is 11.5 Å². The second-order valence-electron chi connectivity index (χ2n) is 7.88. The van der Waals surface area contributed by atoms with Gasteiger partial charge in [0.25, 0.3) is 0 Å². The van der Waals surface area contributed by atoms with Crippen molar-refractivity contribution < 1.29 is 4.74 Å². The first kappa shape index (κ1) is 16.6. The van der Waals surface area contributed by atoms with Crippen LogP contribution in [0.3, 0.4) is 0 Å². The van der Waals surface area contributed by atoms with Crippen molar-refractivity contribution in [2.45, 2.75) is 31.8 Å². The Morgan fingerprint density at radius 2 is 1.78 bits per heavy atom. The molecule has 1 aromatic heterocycles. The summed E-state index contributed by atoms with van der Waals surface area (Å²) < 4.78 is 7.85. The van der Waals surface area contributed by atoms with Gasteiger partial charge in [-0.25, -0.2) is 0 Å². The maximum atomic E-state index is 5.91. The largest absolute Gasteiger partial charge is 0.457 e. The lowest BCUT2D eigenvalue weighted by Gasteiger charge is -2.26. The third kappa shape index (κ3) is 3.37. The zero-order chi connectivity index (χ0) is 18.2. The summed E-state index contributed by atoms with van der Waals surface area (Å²) in [7, 11) is 2.01. The van der Waals surface area contributed by atoms with Gasteiger partial charge in [0.2, 0.25) is 0 Å². The van der Waals surface area contributed by atoms with Crippen molar-refractivity contribution in [2.75, 3.05) is 6.54 Å². The molecule has 0 N–H and O–H groups in total. The van der Waals surface area contributed by atoms with E-state index in [9.17, 15) is 0 Å². The van der Waals surface area contributed by atoms with E-state index in [-0.39, 0.29) is 0 Å². The second kappa shape index (κ2) is 6.86. The van der Waals surface area contributed by atoms with Gasteiger partial charge in [-0.2, -0.15) is 5.10 Å². The fraction of sp³-hybridized carbons (Fsp3) is 0.348. The van der Waals surface area contributed by atoms with Gasteiger partial charge in [-0.3, -0.25) is 9.58 Å². The molecule has 1 saturated heterocycles. The van der Waals surface area contributed by atoms with E-state index >= 15 is 0 Å². The molecule has 27 heavy (non-hydrogen) atoms. The van der Waals surface area contributed by atoms with E-state index in [0.29, 0.717) is 0 Å². The molecule has 2 atom stereocenters. The van der Waals surface area contributed by atoms with Crippen LogP contribution in [0.1, 0.15) is 24.8 Å². The maximum absolute atomic E-state index is 5.91. The zero-order valence-electron chi connectivity index (χ0n) is 15.7. The van der Waals surface area contributed by atoms with Crippen molar-refractivity contribution in [1.82, 2.24) is 14.7 Å². The summed E-state index contributed by atoms with van der Waals surface area (Å²) >= 11 is 0. The lowest BCUT2D eigenvalue weighted by atomic mass is 10.1. The van der Waals surface area contributed by atoms with Crippen LogP contribution in [-0.4, -0.2) is 27.3 Å². The van der Waals surface area contributed by atoms with E-state index in [4.69, 9.17) is 9.84 Å². The first-order chi connectivity index (χ1) is 13.2. The first-order valence-corrected chi connectivity index (χ1v) is 9.84. The number of fused-ring (bicyclic) bond motifs is 2. The highest BCUT2D eigenvalue weighted by Gasteiger charge is 2.37. The molecule has 2 bridgehead atoms. The molecule has 0 unspecified atom stereocenters. The van der Waals surface area contributed by atoms with Crippen molar-refractivity contribution in [1.29, 1.82) is 0 Å². The van der Waals surface area contributed by atoms with Crippen molar-refractivity contribution in [3.63, 3.8) is 0 Å². The molecular weight excluding hydrogens is 334 g/mol. The Hall–Kier alpha value is -2.59. The fourth-order valence-electron chi connectivity index (χ4n) is 4.64. The summed E-state index contributed by atoms with van der Waals surface area (Å²) in [5.74, 6) is 2.62. The van der Waals surface area contributed by atoms with Gasteiger partial charge in [0.05, 0.1) is 5.69 Å². The minimum atomic E-state index is 0.782. The maximum Gasteiger partial charge on any atom is 0.127 e. The molecule has 2 fully saturated rings. The van der Waals surface area contributed by atoms with E-state index in [0.717, 1.165) is 41.3 Å². The van der Waals surface area contributed by atoms with Crippen molar-refractivity contribution in [2.24, 2.45) is 13.0 Å². The van der Waals surface area contributed by atoms with Gasteiger partial charge in [0.1, 0.15) is 11.5 Å². The molecule has 2 aromatic carbocycles. The lowest BCUT2D eigenvalue weighted by Crippen LogP contribution is -2.31. The zero-order valence-corrected chi connectivity index (χ0v) is 15.7. The standard InChI is InChI=1S/C23H25N3O/c1-25-15-19(16-26-14-17-7-10-20(26)13-17)23(24-25)18-8-11-22(12-9-18)27-21-5-3-2-4-6-21/h2-6,8-9,11-12,15,17,20H,7,10,13-14,16H2,1H3/t17-,20-/m0/s1. The fourth-order valence-corrected chi connectivity index (χ4v) is 4.64. The summed E-state index contributed by atoms with van der Waals surface area (Å²) in [6.07, 6.45) is 6.35. The third-order valence-corrected chi connectivity index (χ3v) is 5.91. The number of ether oxygens (including phenoxy) is 1. The molecule has 3 aromatic rings. The summed E-state index contributed by atoms with van der Waals surface area (Å²) in [6, 6.07) is 18.9. The molecule has 0 amide bonds. The molecule has 5 rings (SSSR count). The Bertz CT molecular complexity index is 917. The van der Waals surface area contributed by atoms with Crippen LogP contribution in [0, 0.1) is 5.92 Å². The number of nitrogens with zero attached hydrogens (tertiary/aromatic N) is 3. The number of hydrogen-bond donors (Lipinski definition) is 0. The number of rotatable bonds is 5. The highest BCUT2D eigenvalue weighted by Crippen LogP contribution is 2.39. The summed E-state index contributed by atoms with van der Waals surface area (Å²) in [5.41, 5.74) is 3.56. The van der Waals surface area contributed by atoms with E-state index in [2.05, 4.69) is 23.2 Å². The predicted molar refractivity (Wildman–Crippen MR) is 107 cm³/mol. The Labute approximate surface area is 160 Å². The second-order valence-corrected chi connectivity index (χ2v) is 7.88. The van der Waals surface area contributed by atoms with Gasteiger partial charge in [-0.1, -0.05) is 18.2 Å². The number of likely N-dealkylation sites (tertiary alicyclic amines) is 1. The van der Waals surface area contributed by atoms with Gasteiger partial charge in [0, 0.05) is 43.5 Å². The molecule has 138 valence electrons. The van der Waals surface area contributed by atoms with Crippen LogP contribution in [0.15, 0.2) is 60.8 Å². The molecule has 4 heteroatoms. The van der Waals surface area contributed by atoms with E-state index < -0.39 is 0 Å². The van der Waals surface area contributed by atoms with Crippen molar-refractivity contribution in [3.8, 4) is 22.8 Å². The molecule has 4 nitrogen and oxygen atoms in total. The van der Waals surface area contributed by atoms with Crippen molar-refractivity contribution in [3.05, 3.63) is 66.4 Å². The van der Waals surface area contributed by atoms with E-state index in [1.807, 2.05) is 54.2 Å². The lowest BCUT2D eigenvalue weighted by molar-refractivity contribution is 0.205. The smallest absolute Gasteiger partial charge is 0.127 e. The predicted octanol–water partition coefficient (Wildman–Crippen LogP) is 4.86. The van der Waals surface area contributed by atoms with E-state index in [1.54, 1.807) is 0 Å². The molecule has 0 spiro atoms. The van der Waals surface area contributed by atoms with Gasteiger partial charge < -0.3 is 4.74 Å². The molecule has 0 radical (unpaired) electrons. The monoisotopic (exact) mass is 359 g/mol. The first-order valence-electron chi connectivity index (χ1n) is 9.84. The minimum Gasteiger partial charge on any atom is -0.457 e. The molecule has 1 saturated carbocycles. The SMILES string of the molecule is Cn1cc(CN2C[C@H]3CC[C@H]2C3)c(-c2ccc(Oc3ccccc3)cc2)n1. The topological polar surface area (TPSA) is 30.3 Å². The average Bonchev–Trinajstić information content (AvgIpc) is 3.39. The number of benzene rings is 2. The Morgan fingerprint density at radius 1 is 1.00 bits per heavy atom. The number of aromatic nitrogens is 2. The molecular formula is C23H25N3O. The minimum absolute atomic E-state index is 0.782. The van der Waals surface area contributed by atoms with Gasteiger partial charge in [0.15, 0.2) is 0 Å². The quantitative estimate of drug-likeness (QED) is 0.651. The van der Waals surface area contributed by atoms with Crippen LogP contribution in [0.2, 0.25) is 0 Å². The number of para-hydroxylation sites is 1. The Balaban J connectivity index is 1.35. The molecule has 1 aliphatic carbocycles. The van der Waals surface area contributed by atoms with Gasteiger partial charge in [-0.05, 0) is 61.6 Å². The third-order valence-electron chi connectivity index (χ3n) is 5.91. The highest BCUT2D eigenvalue weighted by atomic mass is 16.5.